The van der Waals surface area contributed by atoms with Crippen molar-refractivity contribution in [2.45, 2.75) is 24.7 Å². The van der Waals surface area contributed by atoms with Gasteiger partial charge in [0.2, 0.25) is 5.91 Å². The SMILES string of the molecule is C=CC(=O)N1CC[C@]2(c3cccc(OC)c3)Cc3[nH]c4cc(Cl)ccc4c3CC2C1. The Labute approximate surface area is 181 Å². The molecule has 0 bridgehead atoms. The number of amides is 1. The van der Waals surface area contributed by atoms with Gasteiger partial charge >= 0.3 is 0 Å². The van der Waals surface area contributed by atoms with Gasteiger partial charge in [-0.05, 0) is 66.6 Å². The zero-order chi connectivity index (χ0) is 20.9. The number of hydrogen-bond acceptors (Lipinski definition) is 2. The molecule has 2 heterocycles. The van der Waals surface area contributed by atoms with Gasteiger partial charge in [0, 0.05) is 40.1 Å². The summed E-state index contributed by atoms with van der Waals surface area (Å²) < 4.78 is 5.53. The fourth-order valence-corrected chi connectivity index (χ4v) is 5.71. The molecule has 3 aromatic rings. The van der Waals surface area contributed by atoms with Crippen molar-refractivity contribution >= 4 is 28.4 Å². The first-order valence-corrected chi connectivity index (χ1v) is 10.8. The largest absolute Gasteiger partial charge is 0.497 e. The molecule has 1 saturated heterocycles. The summed E-state index contributed by atoms with van der Waals surface area (Å²) in [5.74, 6) is 1.22. The monoisotopic (exact) mass is 420 g/mol. The van der Waals surface area contributed by atoms with Gasteiger partial charge in [-0.2, -0.15) is 0 Å². The molecule has 1 amide bonds. The van der Waals surface area contributed by atoms with E-state index in [2.05, 4.69) is 35.8 Å². The summed E-state index contributed by atoms with van der Waals surface area (Å²) in [7, 11) is 1.71. The van der Waals surface area contributed by atoms with Crippen LogP contribution in [0.4, 0.5) is 0 Å². The van der Waals surface area contributed by atoms with E-state index in [1.54, 1.807) is 7.11 Å². The first kappa shape index (κ1) is 19.3. The van der Waals surface area contributed by atoms with E-state index in [4.69, 9.17) is 16.3 Å². The van der Waals surface area contributed by atoms with Gasteiger partial charge in [-0.15, -0.1) is 0 Å². The summed E-state index contributed by atoms with van der Waals surface area (Å²) in [6.45, 7) is 5.16. The molecule has 1 aliphatic carbocycles. The van der Waals surface area contributed by atoms with E-state index in [9.17, 15) is 4.79 Å². The number of carbonyl (C=O) groups excluding carboxylic acids is 1. The number of rotatable bonds is 3. The number of benzene rings is 2. The highest BCUT2D eigenvalue weighted by Gasteiger charge is 2.48. The molecular formula is C25H25ClN2O2. The number of H-pyrrole nitrogens is 1. The number of aromatic amines is 1. The molecule has 1 aromatic heterocycles. The molecule has 2 aromatic carbocycles. The van der Waals surface area contributed by atoms with Crippen LogP contribution in [-0.2, 0) is 23.1 Å². The van der Waals surface area contributed by atoms with Gasteiger partial charge in [-0.3, -0.25) is 4.79 Å². The number of methoxy groups -OCH3 is 1. The first-order chi connectivity index (χ1) is 14.5. The Hall–Kier alpha value is -2.72. The van der Waals surface area contributed by atoms with Gasteiger partial charge < -0.3 is 14.6 Å². The summed E-state index contributed by atoms with van der Waals surface area (Å²) in [6, 6.07) is 14.5. The smallest absolute Gasteiger partial charge is 0.245 e. The number of likely N-dealkylation sites (tertiary alicyclic amines) is 1. The number of ether oxygens (including phenoxy) is 1. The maximum Gasteiger partial charge on any atom is 0.245 e. The number of aromatic nitrogens is 1. The van der Waals surface area contributed by atoms with Gasteiger partial charge in [-0.1, -0.05) is 36.4 Å². The average Bonchev–Trinajstić information content (AvgIpc) is 3.12. The summed E-state index contributed by atoms with van der Waals surface area (Å²) in [4.78, 5) is 18.0. The second-order valence-electron chi connectivity index (χ2n) is 8.48. The van der Waals surface area contributed by atoms with E-state index in [1.165, 1.54) is 28.3 Å². The second-order valence-corrected chi connectivity index (χ2v) is 8.91. The predicted octanol–water partition coefficient (Wildman–Crippen LogP) is 4.90. The van der Waals surface area contributed by atoms with Crippen LogP contribution in [0.5, 0.6) is 5.75 Å². The number of hydrogen-bond donors (Lipinski definition) is 1. The quantitative estimate of drug-likeness (QED) is 0.612. The second kappa shape index (κ2) is 7.21. The Kier molecular flexibility index (Phi) is 4.62. The van der Waals surface area contributed by atoms with E-state index in [0.29, 0.717) is 5.92 Å². The Balaban J connectivity index is 1.64. The predicted molar refractivity (Wildman–Crippen MR) is 120 cm³/mol. The van der Waals surface area contributed by atoms with Gasteiger partial charge in [0.1, 0.15) is 5.75 Å². The van der Waals surface area contributed by atoms with Crippen molar-refractivity contribution in [3.63, 3.8) is 0 Å². The molecule has 1 aliphatic heterocycles. The van der Waals surface area contributed by atoms with Crippen LogP contribution in [0.15, 0.2) is 55.1 Å². The average molecular weight is 421 g/mol. The Morgan fingerprint density at radius 3 is 3.00 bits per heavy atom. The normalized spacial score (nSPS) is 23.0. The van der Waals surface area contributed by atoms with E-state index in [1.807, 2.05) is 23.1 Å². The lowest BCUT2D eigenvalue weighted by molar-refractivity contribution is -0.129. The molecule has 2 atom stereocenters. The lowest BCUT2D eigenvalue weighted by Crippen LogP contribution is -2.54. The highest BCUT2D eigenvalue weighted by molar-refractivity contribution is 6.31. The van der Waals surface area contributed by atoms with Crippen molar-refractivity contribution in [1.82, 2.24) is 9.88 Å². The van der Waals surface area contributed by atoms with Crippen molar-refractivity contribution < 1.29 is 9.53 Å². The van der Waals surface area contributed by atoms with Crippen molar-refractivity contribution in [3.8, 4) is 5.75 Å². The fourth-order valence-electron chi connectivity index (χ4n) is 5.54. The van der Waals surface area contributed by atoms with Crippen LogP contribution in [0.3, 0.4) is 0 Å². The molecule has 1 N–H and O–H groups in total. The van der Waals surface area contributed by atoms with Gasteiger partial charge in [0.15, 0.2) is 0 Å². The number of fused-ring (bicyclic) bond motifs is 4. The fraction of sp³-hybridized carbons (Fsp3) is 0.320. The summed E-state index contributed by atoms with van der Waals surface area (Å²) in [5.41, 5.74) is 4.99. The summed E-state index contributed by atoms with van der Waals surface area (Å²) in [6.07, 6.45) is 4.19. The molecular weight excluding hydrogens is 396 g/mol. The molecule has 154 valence electrons. The number of carbonyl (C=O) groups is 1. The maximum absolute atomic E-state index is 12.4. The van der Waals surface area contributed by atoms with Crippen LogP contribution in [-0.4, -0.2) is 36.0 Å². The number of nitrogens with one attached hydrogen (secondary N) is 1. The van der Waals surface area contributed by atoms with E-state index < -0.39 is 0 Å². The third-order valence-electron chi connectivity index (χ3n) is 7.08. The van der Waals surface area contributed by atoms with Gasteiger partial charge in [0.05, 0.1) is 7.11 Å². The first-order valence-electron chi connectivity index (χ1n) is 10.4. The van der Waals surface area contributed by atoms with Crippen molar-refractivity contribution in [2.75, 3.05) is 20.2 Å². The van der Waals surface area contributed by atoms with Crippen LogP contribution in [0.25, 0.3) is 10.9 Å². The van der Waals surface area contributed by atoms with Crippen LogP contribution >= 0.6 is 11.6 Å². The molecule has 0 spiro atoms. The lowest BCUT2D eigenvalue weighted by atomic mass is 9.58. The zero-order valence-corrected chi connectivity index (χ0v) is 17.8. The maximum atomic E-state index is 12.4. The molecule has 0 saturated carbocycles. The molecule has 1 unspecified atom stereocenters. The van der Waals surface area contributed by atoms with Crippen LogP contribution < -0.4 is 4.74 Å². The van der Waals surface area contributed by atoms with Crippen LogP contribution in [0.1, 0.15) is 23.2 Å². The Bertz CT molecular complexity index is 1150. The topological polar surface area (TPSA) is 45.3 Å². The van der Waals surface area contributed by atoms with Gasteiger partial charge in [0.25, 0.3) is 0 Å². The number of piperidine rings is 1. The molecule has 1 fully saturated rings. The summed E-state index contributed by atoms with van der Waals surface area (Å²) in [5, 5.41) is 1.98. The minimum atomic E-state index is -0.0375. The molecule has 5 rings (SSSR count). The molecule has 4 nitrogen and oxygen atoms in total. The zero-order valence-electron chi connectivity index (χ0n) is 17.1. The third kappa shape index (κ3) is 2.93. The minimum Gasteiger partial charge on any atom is -0.497 e. The van der Waals surface area contributed by atoms with Crippen molar-refractivity contribution in [1.29, 1.82) is 0 Å². The number of nitrogens with zero attached hydrogens (tertiary/aromatic N) is 1. The summed E-state index contributed by atoms with van der Waals surface area (Å²) >= 11 is 6.24. The van der Waals surface area contributed by atoms with E-state index >= 15 is 0 Å². The van der Waals surface area contributed by atoms with Crippen LogP contribution in [0.2, 0.25) is 5.02 Å². The highest BCUT2D eigenvalue weighted by Crippen LogP contribution is 2.49. The Morgan fingerprint density at radius 2 is 2.20 bits per heavy atom. The molecule has 30 heavy (non-hydrogen) atoms. The molecule has 5 heteroatoms. The molecule has 2 aliphatic rings. The minimum absolute atomic E-state index is 0.0192. The molecule has 0 radical (unpaired) electrons. The highest BCUT2D eigenvalue weighted by atomic mass is 35.5. The van der Waals surface area contributed by atoms with Crippen molar-refractivity contribution in [2.24, 2.45) is 5.92 Å². The van der Waals surface area contributed by atoms with Crippen LogP contribution in [0, 0.1) is 5.92 Å². The Morgan fingerprint density at radius 1 is 1.33 bits per heavy atom. The van der Waals surface area contributed by atoms with E-state index in [0.717, 1.165) is 48.6 Å². The van der Waals surface area contributed by atoms with Gasteiger partial charge in [-0.25, -0.2) is 0 Å². The number of halogens is 1. The lowest BCUT2D eigenvalue weighted by Gasteiger charge is -2.51. The van der Waals surface area contributed by atoms with Crippen molar-refractivity contribution in [3.05, 3.63) is 77.0 Å². The third-order valence-corrected chi connectivity index (χ3v) is 7.32. The van der Waals surface area contributed by atoms with E-state index in [-0.39, 0.29) is 11.3 Å². The standard InChI is InChI=1S/C25H25ClN2O2/c1-3-24(29)28-10-9-25(16-5-4-6-19(11-16)30-2)14-23-21(12-17(25)15-28)20-8-7-18(26)13-22(20)27-23/h3-8,11,13,17,27H,1,9-10,12,14-15H2,2H3/t17?,25-/m1/s1.